The molecule has 1 aromatic carbocycles. The number of fused-ring (bicyclic) bond motifs is 1. The fraction of sp³-hybridized carbons (Fsp3) is 0.214. The van der Waals surface area contributed by atoms with E-state index in [2.05, 4.69) is 5.92 Å². The third-order valence-corrected chi connectivity index (χ3v) is 6.26. The first-order chi connectivity index (χ1) is 9.93. The van der Waals surface area contributed by atoms with E-state index in [1.807, 2.05) is 0 Å². The highest BCUT2D eigenvalue weighted by Crippen LogP contribution is 2.36. The molecule has 1 aromatic heterocycles. The van der Waals surface area contributed by atoms with Gasteiger partial charge in [-0.15, -0.1) is 17.8 Å². The van der Waals surface area contributed by atoms with Crippen LogP contribution in [0.4, 0.5) is 0 Å². The molecule has 0 spiro atoms. The first-order valence-electron chi connectivity index (χ1n) is 6.12. The Kier molecular flexibility index (Phi) is 4.32. The average molecular weight is 323 g/mol. The van der Waals surface area contributed by atoms with E-state index in [0.29, 0.717) is 10.1 Å². The number of carboxylic acid groups (broad SMARTS) is 1. The van der Waals surface area contributed by atoms with Gasteiger partial charge in [0.05, 0.1) is 6.54 Å². The molecule has 110 valence electrons. The molecule has 0 saturated heterocycles. The van der Waals surface area contributed by atoms with Gasteiger partial charge in [0.25, 0.3) is 0 Å². The van der Waals surface area contributed by atoms with E-state index in [0.717, 1.165) is 15.6 Å². The number of aromatic carboxylic acids is 1. The predicted molar refractivity (Wildman–Crippen MR) is 82.1 cm³/mol. The minimum Gasteiger partial charge on any atom is -0.477 e. The number of carbonyl (C=O) groups is 1. The third kappa shape index (κ3) is 2.65. The van der Waals surface area contributed by atoms with Crippen LogP contribution in [-0.4, -0.2) is 36.9 Å². The second-order valence-corrected chi connectivity index (χ2v) is 7.12. The van der Waals surface area contributed by atoms with Crippen molar-refractivity contribution in [2.75, 3.05) is 13.1 Å². The van der Waals surface area contributed by atoms with Gasteiger partial charge in [0.2, 0.25) is 10.0 Å². The van der Waals surface area contributed by atoms with Gasteiger partial charge in [-0.3, -0.25) is 0 Å². The molecule has 21 heavy (non-hydrogen) atoms. The second-order valence-electron chi connectivity index (χ2n) is 4.20. The fourth-order valence-electron chi connectivity index (χ4n) is 2.02. The van der Waals surface area contributed by atoms with Crippen LogP contribution in [0.1, 0.15) is 16.6 Å². The van der Waals surface area contributed by atoms with Gasteiger partial charge < -0.3 is 5.11 Å². The van der Waals surface area contributed by atoms with Gasteiger partial charge in [0.1, 0.15) is 9.77 Å². The standard InChI is InChI=1S/C14H13NO4S2/c1-3-9-15(4-2)21(18,19)13-10-7-5-6-8-11(10)20-12(13)14(16)17/h1,5-8H,4,9H2,2H3,(H,16,17). The molecule has 0 amide bonds. The van der Waals surface area contributed by atoms with E-state index < -0.39 is 16.0 Å². The van der Waals surface area contributed by atoms with Gasteiger partial charge in [-0.05, 0) is 6.07 Å². The lowest BCUT2D eigenvalue weighted by Gasteiger charge is -2.18. The Bertz CT molecular complexity index is 830. The van der Waals surface area contributed by atoms with Gasteiger partial charge in [0.15, 0.2) is 0 Å². The van der Waals surface area contributed by atoms with Crippen molar-refractivity contribution in [3.8, 4) is 12.3 Å². The number of hydrogen-bond donors (Lipinski definition) is 1. The van der Waals surface area contributed by atoms with Gasteiger partial charge in [-0.2, -0.15) is 4.31 Å². The molecule has 0 aliphatic rings. The van der Waals surface area contributed by atoms with E-state index in [1.54, 1.807) is 31.2 Å². The van der Waals surface area contributed by atoms with Crippen molar-refractivity contribution < 1.29 is 18.3 Å². The highest BCUT2D eigenvalue weighted by molar-refractivity contribution is 7.89. The average Bonchev–Trinajstić information content (AvgIpc) is 2.84. The Balaban J connectivity index is 2.78. The zero-order valence-corrected chi connectivity index (χ0v) is 12.9. The normalized spacial score (nSPS) is 11.7. The maximum Gasteiger partial charge on any atom is 0.347 e. The Labute approximate surface area is 126 Å². The summed E-state index contributed by atoms with van der Waals surface area (Å²) in [5, 5.41) is 9.71. The number of terminal acetylenes is 1. The van der Waals surface area contributed by atoms with Crippen LogP contribution < -0.4 is 0 Å². The minimum absolute atomic E-state index is 0.0952. The molecule has 7 heteroatoms. The molecule has 0 bridgehead atoms. The van der Waals surface area contributed by atoms with Gasteiger partial charge in [-0.1, -0.05) is 31.0 Å². The van der Waals surface area contributed by atoms with E-state index >= 15 is 0 Å². The summed E-state index contributed by atoms with van der Waals surface area (Å²) in [6.07, 6.45) is 5.20. The van der Waals surface area contributed by atoms with Crippen molar-refractivity contribution >= 4 is 37.4 Å². The van der Waals surface area contributed by atoms with Crippen molar-refractivity contribution in [1.82, 2.24) is 4.31 Å². The summed E-state index contributed by atoms with van der Waals surface area (Å²) in [5.41, 5.74) is 0. The number of benzene rings is 1. The van der Waals surface area contributed by atoms with Gasteiger partial charge in [-0.25, -0.2) is 13.2 Å². The summed E-state index contributed by atoms with van der Waals surface area (Å²) in [4.78, 5) is 11.0. The van der Waals surface area contributed by atoms with Crippen LogP contribution >= 0.6 is 11.3 Å². The molecule has 0 aliphatic carbocycles. The van der Waals surface area contributed by atoms with Crippen molar-refractivity contribution in [1.29, 1.82) is 0 Å². The van der Waals surface area contributed by atoms with E-state index in [-0.39, 0.29) is 22.9 Å². The number of sulfonamides is 1. The van der Waals surface area contributed by atoms with Crippen LogP contribution in [0.15, 0.2) is 29.2 Å². The Hall–Kier alpha value is -1.88. The fourth-order valence-corrected chi connectivity index (χ4v) is 5.08. The topological polar surface area (TPSA) is 74.7 Å². The van der Waals surface area contributed by atoms with E-state index in [4.69, 9.17) is 6.42 Å². The molecular weight excluding hydrogens is 310 g/mol. The summed E-state index contributed by atoms with van der Waals surface area (Å²) in [6, 6.07) is 6.72. The number of hydrogen-bond acceptors (Lipinski definition) is 4. The monoisotopic (exact) mass is 323 g/mol. The molecule has 1 N–H and O–H groups in total. The second kappa shape index (κ2) is 5.85. The largest absolute Gasteiger partial charge is 0.477 e. The summed E-state index contributed by atoms with van der Waals surface area (Å²) in [6.45, 7) is 1.74. The lowest BCUT2D eigenvalue weighted by Crippen LogP contribution is -2.32. The number of thiophene rings is 1. The Morgan fingerprint density at radius 3 is 2.67 bits per heavy atom. The van der Waals surface area contributed by atoms with Gasteiger partial charge in [0, 0.05) is 16.6 Å². The Morgan fingerprint density at radius 1 is 1.43 bits per heavy atom. The molecule has 5 nitrogen and oxygen atoms in total. The molecule has 2 aromatic rings. The van der Waals surface area contributed by atoms with Crippen LogP contribution in [0.25, 0.3) is 10.1 Å². The SMILES string of the molecule is C#CCN(CC)S(=O)(=O)c1c(C(=O)O)sc2ccccc12. The van der Waals surface area contributed by atoms with Crippen molar-refractivity contribution in [2.24, 2.45) is 0 Å². The van der Waals surface area contributed by atoms with E-state index in [1.165, 1.54) is 0 Å². The molecular formula is C14H13NO4S2. The Morgan fingerprint density at radius 2 is 2.10 bits per heavy atom. The van der Waals surface area contributed by atoms with Crippen LogP contribution in [0.5, 0.6) is 0 Å². The van der Waals surface area contributed by atoms with Crippen molar-refractivity contribution in [3.63, 3.8) is 0 Å². The molecule has 0 saturated carbocycles. The van der Waals surface area contributed by atoms with Crippen LogP contribution in [0, 0.1) is 12.3 Å². The molecule has 0 unspecified atom stereocenters. The van der Waals surface area contributed by atoms with Crippen LogP contribution in [0.2, 0.25) is 0 Å². The zero-order valence-electron chi connectivity index (χ0n) is 11.2. The number of rotatable bonds is 5. The van der Waals surface area contributed by atoms with Crippen molar-refractivity contribution in [2.45, 2.75) is 11.8 Å². The highest BCUT2D eigenvalue weighted by Gasteiger charge is 2.32. The van der Waals surface area contributed by atoms with Crippen molar-refractivity contribution in [3.05, 3.63) is 29.1 Å². The minimum atomic E-state index is -3.95. The molecule has 0 fully saturated rings. The summed E-state index contributed by atoms with van der Waals surface area (Å²) >= 11 is 0.948. The summed E-state index contributed by atoms with van der Waals surface area (Å²) in [5.74, 6) is 1.03. The zero-order chi connectivity index (χ0) is 15.6. The van der Waals surface area contributed by atoms with E-state index in [9.17, 15) is 18.3 Å². The summed E-state index contributed by atoms with van der Waals surface area (Å²) < 4.78 is 27.2. The first kappa shape index (κ1) is 15.5. The lowest BCUT2D eigenvalue weighted by molar-refractivity contribution is 0.0698. The molecule has 1 heterocycles. The highest BCUT2D eigenvalue weighted by atomic mass is 32.2. The van der Waals surface area contributed by atoms with Crippen LogP contribution in [0.3, 0.4) is 0 Å². The lowest BCUT2D eigenvalue weighted by atomic mass is 10.2. The van der Waals surface area contributed by atoms with Gasteiger partial charge >= 0.3 is 5.97 Å². The third-order valence-electron chi connectivity index (χ3n) is 2.96. The number of nitrogens with zero attached hydrogens (tertiary/aromatic N) is 1. The molecule has 0 radical (unpaired) electrons. The first-order valence-corrected chi connectivity index (χ1v) is 8.37. The quantitative estimate of drug-likeness (QED) is 0.856. The maximum absolute atomic E-state index is 12.7. The molecule has 0 atom stereocenters. The molecule has 2 rings (SSSR count). The summed E-state index contributed by atoms with van der Waals surface area (Å²) in [7, 11) is -3.95. The number of carboxylic acids is 1. The van der Waals surface area contributed by atoms with Crippen LogP contribution in [-0.2, 0) is 10.0 Å². The molecule has 0 aliphatic heterocycles. The maximum atomic E-state index is 12.7. The predicted octanol–water partition coefficient (Wildman–Crippen LogP) is 2.24. The smallest absolute Gasteiger partial charge is 0.347 e.